The Morgan fingerprint density at radius 3 is 2.45 bits per heavy atom. The lowest BCUT2D eigenvalue weighted by Gasteiger charge is -2.31. The molecule has 2 heterocycles. The van der Waals surface area contributed by atoms with Crippen LogP contribution in [-0.4, -0.2) is 36.1 Å². The van der Waals surface area contributed by atoms with Crippen LogP contribution in [0.15, 0.2) is 66.9 Å². The van der Waals surface area contributed by atoms with E-state index in [1.807, 2.05) is 37.4 Å². The summed E-state index contributed by atoms with van der Waals surface area (Å²) in [7, 11) is 0. The highest BCUT2D eigenvalue weighted by molar-refractivity contribution is 5.83. The van der Waals surface area contributed by atoms with Gasteiger partial charge in [-0.3, -0.25) is 4.90 Å². The summed E-state index contributed by atoms with van der Waals surface area (Å²) in [4.78, 5) is 5.68. The number of rotatable bonds is 6. The second-order valence-corrected chi connectivity index (χ2v) is 8.90. The van der Waals surface area contributed by atoms with Crippen LogP contribution in [0.2, 0.25) is 0 Å². The summed E-state index contributed by atoms with van der Waals surface area (Å²) in [5.74, 6) is 0.680. The molecule has 0 bridgehead atoms. The van der Waals surface area contributed by atoms with E-state index in [9.17, 15) is 8.78 Å². The first kappa shape index (κ1) is 21.7. The highest BCUT2D eigenvalue weighted by Gasteiger charge is 2.23. The van der Waals surface area contributed by atoms with Crippen molar-refractivity contribution in [3.8, 4) is 16.9 Å². The van der Waals surface area contributed by atoms with Gasteiger partial charge in [0, 0.05) is 29.2 Å². The quantitative estimate of drug-likeness (QED) is 0.358. The van der Waals surface area contributed by atoms with Gasteiger partial charge in [-0.25, -0.2) is 8.78 Å². The Morgan fingerprint density at radius 2 is 1.67 bits per heavy atom. The number of halogens is 2. The number of fused-ring (bicyclic) bond motifs is 1. The molecule has 1 aliphatic heterocycles. The van der Waals surface area contributed by atoms with Gasteiger partial charge in [0.25, 0.3) is 0 Å². The number of aryl methyl sites for hydroxylation is 1. The van der Waals surface area contributed by atoms with Gasteiger partial charge in [0.05, 0.1) is 0 Å². The molecular weight excluding hydrogens is 418 g/mol. The summed E-state index contributed by atoms with van der Waals surface area (Å²) in [5, 5.41) is 0.997. The molecule has 170 valence electrons. The summed E-state index contributed by atoms with van der Waals surface area (Å²) in [6.45, 7) is 5.36. The predicted octanol–water partition coefficient (Wildman–Crippen LogP) is 6.68. The topological polar surface area (TPSA) is 28.3 Å². The summed E-state index contributed by atoms with van der Waals surface area (Å²) >= 11 is 0. The Kier molecular flexibility index (Phi) is 6.14. The average molecular weight is 447 g/mol. The molecule has 0 radical (unpaired) electrons. The van der Waals surface area contributed by atoms with Gasteiger partial charge in [-0.2, -0.15) is 0 Å². The van der Waals surface area contributed by atoms with Crippen LogP contribution in [0.4, 0.5) is 8.78 Å². The first-order valence-corrected chi connectivity index (χ1v) is 11.5. The first-order chi connectivity index (χ1) is 16.1. The average Bonchev–Trinajstić information content (AvgIpc) is 3.24. The van der Waals surface area contributed by atoms with E-state index in [0.29, 0.717) is 18.3 Å². The van der Waals surface area contributed by atoms with Crippen LogP contribution >= 0.6 is 0 Å². The fourth-order valence-electron chi connectivity index (χ4n) is 4.79. The largest absolute Gasteiger partial charge is 0.492 e. The van der Waals surface area contributed by atoms with Crippen molar-refractivity contribution in [2.75, 3.05) is 26.2 Å². The van der Waals surface area contributed by atoms with Crippen molar-refractivity contribution in [2.45, 2.75) is 25.7 Å². The van der Waals surface area contributed by atoms with Crippen molar-refractivity contribution in [3.05, 3.63) is 89.6 Å². The summed E-state index contributed by atoms with van der Waals surface area (Å²) in [6.07, 6.45) is 4.11. The van der Waals surface area contributed by atoms with Crippen molar-refractivity contribution in [2.24, 2.45) is 0 Å². The molecule has 1 saturated heterocycles. The predicted molar refractivity (Wildman–Crippen MR) is 129 cm³/mol. The Hall–Kier alpha value is -3.18. The van der Waals surface area contributed by atoms with Gasteiger partial charge in [-0.1, -0.05) is 29.8 Å². The maximum Gasteiger partial charge on any atom is 0.127 e. The number of nitrogens with zero attached hydrogens (tertiary/aromatic N) is 1. The van der Waals surface area contributed by atoms with Gasteiger partial charge >= 0.3 is 0 Å². The molecule has 0 aliphatic carbocycles. The lowest BCUT2D eigenvalue weighted by Crippen LogP contribution is -2.35. The maximum absolute atomic E-state index is 13.9. The summed E-state index contributed by atoms with van der Waals surface area (Å²) in [5.41, 5.74) is 5.10. The van der Waals surface area contributed by atoms with E-state index in [2.05, 4.69) is 9.88 Å². The van der Waals surface area contributed by atoms with E-state index in [4.69, 9.17) is 4.74 Å². The van der Waals surface area contributed by atoms with E-state index in [1.165, 1.54) is 29.3 Å². The number of aromatic nitrogens is 1. The number of aromatic amines is 1. The fourth-order valence-corrected chi connectivity index (χ4v) is 4.79. The third-order valence-electron chi connectivity index (χ3n) is 6.67. The molecule has 5 rings (SSSR count). The zero-order valence-corrected chi connectivity index (χ0v) is 18.8. The van der Waals surface area contributed by atoms with E-state index >= 15 is 0 Å². The minimum atomic E-state index is -0.267. The number of hydrogen-bond acceptors (Lipinski definition) is 2. The van der Waals surface area contributed by atoms with Crippen LogP contribution < -0.4 is 4.74 Å². The van der Waals surface area contributed by atoms with Gasteiger partial charge in [-0.05, 0) is 86.3 Å². The number of hydrogen-bond donors (Lipinski definition) is 1. The van der Waals surface area contributed by atoms with Crippen molar-refractivity contribution in [1.82, 2.24) is 9.88 Å². The first-order valence-electron chi connectivity index (χ1n) is 11.5. The summed E-state index contributed by atoms with van der Waals surface area (Å²) < 4.78 is 33.7. The Labute approximate surface area is 193 Å². The highest BCUT2D eigenvalue weighted by atomic mass is 19.1. The molecule has 3 nitrogen and oxygen atoms in total. The van der Waals surface area contributed by atoms with Crippen molar-refractivity contribution in [3.63, 3.8) is 0 Å². The standard InChI is InChI=1S/C28H28F2N2O/c1-19-2-4-20(5-3-19)24-16-23(30)7-9-28(24)33-15-14-32-12-10-21(11-13-32)26-18-31-27-8-6-22(29)17-25(26)27/h2-9,16-18,21,31H,10-15H2,1H3. The van der Waals surface area contributed by atoms with E-state index in [-0.39, 0.29) is 11.6 Å². The molecule has 1 N–H and O–H groups in total. The lowest BCUT2D eigenvalue weighted by molar-refractivity contribution is 0.174. The molecule has 0 spiro atoms. The zero-order valence-electron chi connectivity index (χ0n) is 18.8. The van der Waals surface area contributed by atoms with Gasteiger partial charge < -0.3 is 9.72 Å². The van der Waals surface area contributed by atoms with Gasteiger partial charge in [0.2, 0.25) is 0 Å². The molecule has 0 atom stereocenters. The van der Waals surface area contributed by atoms with Crippen LogP contribution in [-0.2, 0) is 0 Å². The highest BCUT2D eigenvalue weighted by Crippen LogP contribution is 2.34. The van der Waals surface area contributed by atoms with Crippen molar-refractivity contribution >= 4 is 10.9 Å². The molecule has 1 aromatic heterocycles. The molecule has 0 unspecified atom stereocenters. The van der Waals surface area contributed by atoms with Crippen LogP contribution in [0.25, 0.3) is 22.0 Å². The van der Waals surface area contributed by atoms with Crippen molar-refractivity contribution in [1.29, 1.82) is 0 Å². The smallest absolute Gasteiger partial charge is 0.127 e. The Balaban J connectivity index is 1.18. The van der Waals surface area contributed by atoms with Gasteiger partial charge in [0.15, 0.2) is 0 Å². The molecule has 3 aromatic carbocycles. The number of ether oxygens (including phenoxy) is 1. The third kappa shape index (κ3) is 4.79. The normalized spacial score (nSPS) is 15.2. The Morgan fingerprint density at radius 1 is 0.939 bits per heavy atom. The monoisotopic (exact) mass is 446 g/mol. The second-order valence-electron chi connectivity index (χ2n) is 8.90. The lowest BCUT2D eigenvalue weighted by atomic mass is 9.89. The number of likely N-dealkylation sites (tertiary alicyclic amines) is 1. The molecule has 1 fully saturated rings. The SMILES string of the molecule is Cc1ccc(-c2cc(F)ccc2OCCN2CCC(c3c[nH]c4ccc(F)cc34)CC2)cc1. The molecule has 33 heavy (non-hydrogen) atoms. The van der Waals surface area contributed by atoms with Crippen LogP contribution in [0.3, 0.4) is 0 Å². The summed E-state index contributed by atoms with van der Waals surface area (Å²) in [6, 6.07) is 17.7. The molecule has 4 aromatic rings. The molecule has 5 heteroatoms. The minimum Gasteiger partial charge on any atom is -0.492 e. The second kappa shape index (κ2) is 9.36. The zero-order chi connectivity index (χ0) is 22.8. The van der Waals surface area contributed by atoms with Gasteiger partial charge in [0.1, 0.15) is 24.0 Å². The third-order valence-corrected chi connectivity index (χ3v) is 6.67. The fraction of sp³-hybridized carbons (Fsp3) is 0.286. The maximum atomic E-state index is 13.9. The van der Waals surface area contributed by atoms with E-state index < -0.39 is 0 Å². The molecule has 0 amide bonds. The molecular formula is C28H28F2N2O. The number of nitrogens with one attached hydrogen (secondary N) is 1. The van der Waals surface area contributed by atoms with Crippen LogP contribution in [0.1, 0.15) is 29.9 Å². The van der Waals surface area contributed by atoms with Crippen molar-refractivity contribution < 1.29 is 13.5 Å². The van der Waals surface area contributed by atoms with E-state index in [1.54, 1.807) is 18.2 Å². The van der Waals surface area contributed by atoms with Crippen LogP contribution in [0, 0.1) is 18.6 Å². The minimum absolute atomic E-state index is 0.191. The van der Waals surface area contributed by atoms with E-state index in [0.717, 1.165) is 54.5 Å². The Bertz CT molecular complexity index is 1240. The van der Waals surface area contributed by atoms with Gasteiger partial charge in [-0.15, -0.1) is 0 Å². The number of piperidine rings is 1. The molecule has 0 saturated carbocycles. The number of benzene rings is 3. The number of H-pyrrole nitrogens is 1. The van der Waals surface area contributed by atoms with Crippen LogP contribution in [0.5, 0.6) is 5.75 Å². The molecule has 1 aliphatic rings.